The monoisotopic (exact) mass is 1010 g/mol. The highest BCUT2D eigenvalue weighted by Gasteiger charge is 2.50. The molecule has 2 aromatic carbocycles. The van der Waals surface area contributed by atoms with Gasteiger partial charge in [-0.25, -0.2) is 13.1 Å². The number of anilines is 4. The maximum atomic E-state index is 14.7. The van der Waals surface area contributed by atoms with E-state index in [1.165, 1.54) is 23.3 Å². The fraction of sp³-hybridized carbons (Fsp3) is 0.538. The van der Waals surface area contributed by atoms with E-state index < -0.39 is 43.1 Å². The molecule has 0 unspecified atom stereocenters. The fourth-order valence-corrected chi connectivity index (χ4v) is 14.3. The van der Waals surface area contributed by atoms with Crippen LogP contribution in [0.4, 0.5) is 28.4 Å². The first-order chi connectivity index (χ1) is 34.1. The second-order valence-corrected chi connectivity index (χ2v) is 23.8. The van der Waals surface area contributed by atoms with E-state index in [9.17, 15) is 28.4 Å². The number of hydrogen-bond donors (Lipinski definition) is 4. The summed E-state index contributed by atoms with van der Waals surface area (Å²) < 4.78 is 49.1. The first kappa shape index (κ1) is 48.0. The van der Waals surface area contributed by atoms with E-state index in [0.717, 1.165) is 88.5 Å². The van der Waals surface area contributed by atoms with Gasteiger partial charge < -0.3 is 39.4 Å². The van der Waals surface area contributed by atoms with Crippen LogP contribution >= 0.6 is 11.3 Å². The summed E-state index contributed by atoms with van der Waals surface area (Å²) in [7, 11) is -4.62. The normalized spacial score (nSPS) is 25.9. The molecule has 4 aliphatic heterocycles. The predicted octanol–water partition coefficient (Wildman–Crippen LogP) is 8.64. The highest BCUT2D eigenvalue weighted by atomic mass is 32.2. The zero-order valence-corrected chi connectivity index (χ0v) is 42.2. The molecule has 378 valence electrons. The van der Waals surface area contributed by atoms with Crippen molar-refractivity contribution in [2.75, 3.05) is 67.7 Å². The molecule has 11 rings (SSSR count). The van der Waals surface area contributed by atoms with E-state index in [0.29, 0.717) is 73.9 Å². The van der Waals surface area contributed by atoms with Crippen molar-refractivity contribution < 1.29 is 37.5 Å². The molecule has 3 saturated heterocycles. The number of aromatic nitrogens is 2. The first-order valence-electron chi connectivity index (χ1n) is 25.3. The van der Waals surface area contributed by atoms with Gasteiger partial charge in [-0.2, -0.15) is 16.3 Å². The van der Waals surface area contributed by atoms with Crippen molar-refractivity contribution in [3.8, 4) is 5.88 Å². The maximum absolute atomic E-state index is 14.7. The number of nitrogens with one attached hydrogen (secondary N) is 3. The number of aliphatic hydroxyl groups is 1. The summed E-state index contributed by atoms with van der Waals surface area (Å²) in [5.74, 6) is 0.158. The van der Waals surface area contributed by atoms with Crippen LogP contribution in [0.2, 0.25) is 0 Å². The number of hydrogen-bond acceptors (Lipinski definition) is 15. The van der Waals surface area contributed by atoms with E-state index in [1.807, 2.05) is 37.4 Å². The molecule has 1 spiro atoms. The number of piperidine rings is 1. The number of rotatable bonds is 12. The lowest BCUT2D eigenvalue weighted by Gasteiger charge is -2.57. The van der Waals surface area contributed by atoms with Gasteiger partial charge in [0.25, 0.3) is 21.6 Å². The van der Waals surface area contributed by atoms with Crippen molar-refractivity contribution in [1.82, 2.24) is 19.6 Å². The van der Waals surface area contributed by atoms with E-state index >= 15 is 0 Å². The highest BCUT2D eigenvalue weighted by Crippen LogP contribution is 2.54. The molecule has 2 saturated carbocycles. The van der Waals surface area contributed by atoms with Crippen LogP contribution in [0.25, 0.3) is 11.0 Å². The summed E-state index contributed by atoms with van der Waals surface area (Å²) in [6, 6.07) is 13.7. The van der Waals surface area contributed by atoms with Gasteiger partial charge in [0.1, 0.15) is 23.1 Å². The third kappa shape index (κ3) is 9.37. The number of ether oxygens (including phenoxy) is 3. The van der Waals surface area contributed by atoms with E-state index in [4.69, 9.17) is 19.2 Å². The van der Waals surface area contributed by atoms with Crippen molar-refractivity contribution >= 4 is 66.7 Å². The maximum Gasteiger partial charge on any atom is 0.293 e. The molecule has 0 radical (unpaired) electrons. The van der Waals surface area contributed by atoms with E-state index in [-0.39, 0.29) is 34.7 Å². The van der Waals surface area contributed by atoms with Gasteiger partial charge in [0.15, 0.2) is 0 Å². The van der Waals surface area contributed by atoms with Gasteiger partial charge in [0.05, 0.1) is 58.6 Å². The van der Waals surface area contributed by atoms with E-state index in [2.05, 4.69) is 54.3 Å². The molecule has 19 heteroatoms. The Bertz CT molecular complexity index is 2910. The molecule has 6 aliphatic rings. The van der Waals surface area contributed by atoms with Crippen LogP contribution < -0.4 is 24.6 Å². The predicted molar refractivity (Wildman–Crippen MR) is 273 cm³/mol. The number of pyridine rings is 1. The molecule has 1 amide bonds. The smallest absolute Gasteiger partial charge is 0.293 e. The minimum Gasteiger partial charge on any atom is -0.468 e. The number of aromatic amines is 1. The Labute approximate surface area is 418 Å². The Morgan fingerprint density at radius 1 is 0.986 bits per heavy atom. The van der Waals surface area contributed by atoms with Gasteiger partial charge >= 0.3 is 0 Å². The van der Waals surface area contributed by atoms with Gasteiger partial charge in [0.2, 0.25) is 5.88 Å². The average Bonchev–Trinajstić information content (AvgIpc) is 4.04. The lowest BCUT2D eigenvalue weighted by molar-refractivity contribution is -0.384. The number of fused-ring (bicyclic) bond motifs is 3. The number of benzene rings is 2. The quantitative estimate of drug-likeness (QED) is 0.0683. The van der Waals surface area contributed by atoms with Crippen LogP contribution in [0.3, 0.4) is 0 Å². The van der Waals surface area contributed by atoms with Gasteiger partial charge in [-0.3, -0.25) is 19.8 Å². The number of nitro groups is 1. The SMILES string of the molecule is CC(C)c1cscc1[C@@H]1COCCN1C1CC2(CCN(c3ccc(C(=O)NS(=O)(=O)c4ccc(NC[C@H]5CC[C@](C)(O)CC5)c([N+](=O)[O-])c4)c(N4c5cc6cc[nH]c6nc5O[C@H]5COCC[C@@H]54)c3)CC2)C1. The van der Waals surface area contributed by atoms with Crippen molar-refractivity contribution in [3.05, 3.63) is 92.3 Å². The number of sulfonamides is 1. The summed E-state index contributed by atoms with van der Waals surface area (Å²) in [4.78, 5) is 41.2. The Kier molecular flexibility index (Phi) is 12.8. The number of amides is 1. The number of nitro benzene ring substituents is 1. The lowest BCUT2D eigenvalue weighted by atomic mass is 9.59. The summed E-state index contributed by atoms with van der Waals surface area (Å²) in [5.41, 5.74) is 4.97. The molecule has 4 N–H and O–H groups in total. The molecule has 3 atom stereocenters. The molecule has 3 aromatic heterocycles. The Balaban J connectivity index is 0.865. The Morgan fingerprint density at radius 3 is 2.55 bits per heavy atom. The van der Waals surface area contributed by atoms with Crippen molar-refractivity contribution in [2.45, 2.75) is 119 Å². The minimum atomic E-state index is -4.62. The van der Waals surface area contributed by atoms with Crippen LogP contribution in [0, 0.1) is 21.4 Å². The molecule has 7 heterocycles. The molecular weight excluding hydrogens is 945 g/mol. The van der Waals surface area contributed by atoms with Crippen LogP contribution in [-0.2, 0) is 19.5 Å². The molecule has 2 aliphatic carbocycles. The highest BCUT2D eigenvalue weighted by molar-refractivity contribution is 7.90. The number of morpholine rings is 1. The fourth-order valence-electron chi connectivity index (χ4n) is 12.2. The Hall–Kier alpha value is -5.31. The largest absolute Gasteiger partial charge is 0.468 e. The van der Waals surface area contributed by atoms with Crippen LogP contribution in [-0.4, -0.2) is 116 Å². The number of H-pyrrole nitrogens is 1. The van der Waals surface area contributed by atoms with Crippen molar-refractivity contribution in [2.24, 2.45) is 11.3 Å². The van der Waals surface area contributed by atoms with Gasteiger partial charge in [-0.1, -0.05) is 13.8 Å². The van der Waals surface area contributed by atoms with Crippen molar-refractivity contribution in [3.63, 3.8) is 0 Å². The van der Waals surface area contributed by atoms with Crippen LogP contribution in [0.1, 0.15) is 112 Å². The average molecular weight is 1010 g/mol. The third-order valence-corrected chi connectivity index (χ3v) is 18.5. The number of thiophene rings is 1. The second kappa shape index (κ2) is 18.9. The summed E-state index contributed by atoms with van der Waals surface area (Å²) in [6.07, 6.45) is 9.13. The summed E-state index contributed by atoms with van der Waals surface area (Å²) >= 11 is 1.79. The van der Waals surface area contributed by atoms with Crippen LogP contribution in [0.5, 0.6) is 5.88 Å². The second-order valence-electron chi connectivity index (χ2n) is 21.4. The van der Waals surface area contributed by atoms with Gasteiger partial charge in [-0.15, -0.1) is 0 Å². The standard InChI is InChI=1S/C52H64N8O9S2/c1-32(2)39-30-70-31-40(39)46-28-68-21-19-58(46)36-25-52(26-36)14-17-57(18-15-52)35-4-6-38(43(23-35)59-42-11-20-67-29-47(42)69-50-45(59)22-34-10-16-53-48(34)55-50)49(61)56-71(65,66)37-5-7-41(44(24-37)60(63)64)54-27-33-8-12-51(3,62)13-9-33/h4-7,10,16,22-24,30-33,36,42,46-47,54,62H,8-9,11-15,17-21,25-29H2,1-3H3,(H,53,55)(H,56,61)/t33-,42-,46-,47-,51-/m0/s1. The van der Waals surface area contributed by atoms with Crippen LogP contribution in [0.15, 0.2) is 70.4 Å². The van der Waals surface area contributed by atoms with Gasteiger partial charge in [0, 0.05) is 62.2 Å². The zero-order valence-electron chi connectivity index (χ0n) is 40.6. The van der Waals surface area contributed by atoms with Crippen molar-refractivity contribution in [1.29, 1.82) is 0 Å². The number of carbonyl (C=O) groups excluding carboxylic acids is 1. The first-order valence-corrected chi connectivity index (χ1v) is 27.7. The summed E-state index contributed by atoms with van der Waals surface area (Å²) in [6.45, 7) is 11.6. The topological polar surface area (TPSA) is 205 Å². The molecule has 17 nitrogen and oxygen atoms in total. The minimum absolute atomic E-state index is 0.116. The lowest BCUT2D eigenvalue weighted by Crippen LogP contribution is -2.58. The van der Waals surface area contributed by atoms with E-state index in [1.54, 1.807) is 17.4 Å². The molecule has 71 heavy (non-hydrogen) atoms. The molecule has 5 fully saturated rings. The van der Waals surface area contributed by atoms with Gasteiger partial charge in [-0.05, 0) is 146 Å². The molecule has 0 bridgehead atoms. The Morgan fingerprint density at radius 2 is 1.77 bits per heavy atom. The molecule has 5 aromatic rings. The third-order valence-electron chi connectivity index (χ3n) is 16.4. The molecular formula is C52H64N8O9S2. The number of carbonyl (C=O) groups is 1. The zero-order chi connectivity index (χ0) is 49.2. The summed E-state index contributed by atoms with van der Waals surface area (Å²) in [5, 5.41) is 31.4. The number of nitrogens with zero attached hydrogens (tertiary/aromatic N) is 5.